The van der Waals surface area contributed by atoms with Gasteiger partial charge in [0, 0.05) is 5.38 Å². The van der Waals surface area contributed by atoms with E-state index in [1.165, 1.54) is 0 Å². The van der Waals surface area contributed by atoms with Gasteiger partial charge in [-0.2, -0.15) is 0 Å². The number of fused-ring (bicyclic) bond motifs is 1. The highest BCUT2D eigenvalue weighted by Crippen LogP contribution is 2.30. The summed E-state index contributed by atoms with van der Waals surface area (Å²) in [5.74, 6) is 0.717. The van der Waals surface area contributed by atoms with Gasteiger partial charge in [0.25, 0.3) is 5.56 Å². The lowest BCUT2D eigenvalue weighted by Crippen LogP contribution is -2.21. The van der Waals surface area contributed by atoms with Gasteiger partial charge in [0.05, 0.1) is 20.8 Å². The number of hydrogen-bond donors (Lipinski definition) is 0. The summed E-state index contributed by atoms with van der Waals surface area (Å²) in [5, 5.41) is 2.68. The molecule has 1 aromatic carbocycles. The van der Waals surface area contributed by atoms with Crippen molar-refractivity contribution in [2.45, 2.75) is 11.1 Å². The van der Waals surface area contributed by atoms with Crippen molar-refractivity contribution in [3.8, 4) is 5.69 Å². The molecule has 3 aromatic rings. The van der Waals surface area contributed by atoms with Crippen molar-refractivity contribution in [1.29, 1.82) is 0 Å². The molecule has 0 bridgehead atoms. The molecular weight excluding hydrogens is 276 g/mol. The van der Waals surface area contributed by atoms with E-state index in [2.05, 4.69) is 4.98 Å². The zero-order valence-corrected chi connectivity index (χ0v) is 12.2. The molecule has 3 nitrogen and oxygen atoms in total. The van der Waals surface area contributed by atoms with Crippen molar-refractivity contribution in [3.05, 3.63) is 51.9 Å². The summed E-state index contributed by atoms with van der Waals surface area (Å²) in [6.45, 7) is 1.87. The fourth-order valence-corrected chi connectivity index (χ4v) is 3.75. The van der Waals surface area contributed by atoms with Gasteiger partial charge in [0.2, 0.25) is 0 Å². The maximum Gasteiger partial charge on any atom is 0.267 e. The third-order valence-electron chi connectivity index (χ3n) is 2.96. The molecule has 0 aliphatic carbocycles. The molecule has 0 saturated carbocycles. The van der Waals surface area contributed by atoms with E-state index in [1.54, 1.807) is 27.7 Å². The Balaban J connectivity index is 2.40. The van der Waals surface area contributed by atoms with Crippen molar-refractivity contribution in [2.75, 3.05) is 6.26 Å². The molecule has 2 aromatic heterocycles. The quantitative estimate of drug-likeness (QED) is 0.677. The van der Waals surface area contributed by atoms with Gasteiger partial charge in [-0.15, -0.1) is 23.1 Å². The van der Waals surface area contributed by atoms with Crippen LogP contribution in [0.4, 0.5) is 0 Å². The van der Waals surface area contributed by atoms with Crippen LogP contribution in [0, 0.1) is 6.92 Å². The van der Waals surface area contributed by atoms with Crippen LogP contribution in [0.5, 0.6) is 0 Å². The van der Waals surface area contributed by atoms with Crippen LogP contribution in [-0.4, -0.2) is 15.8 Å². The number of benzene rings is 1. The number of nitrogens with zero attached hydrogens (tertiary/aromatic N) is 2. The molecule has 19 heavy (non-hydrogen) atoms. The van der Waals surface area contributed by atoms with Gasteiger partial charge in [-0.25, -0.2) is 4.98 Å². The van der Waals surface area contributed by atoms with Gasteiger partial charge in [-0.3, -0.25) is 9.36 Å². The van der Waals surface area contributed by atoms with Crippen molar-refractivity contribution in [3.63, 3.8) is 0 Å². The monoisotopic (exact) mass is 288 g/mol. The third-order valence-corrected chi connectivity index (χ3v) is 5.08. The van der Waals surface area contributed by atoms with Crippen LogP contribution in [-0.2, 0) is 0 Å². The Morgan fingerprint density at radius 1 is 1.26 bits per heavy atom. The van der Waals surface area contributed by atoms with Gasteiger partial charge in [0.15, 0.2) is 0 Å². The smallest absolute Gasteiger partial charge is 0.267 e. The SMILES string of the molecule is CSc1scc2nc(C)n(-c3ccccc3)c(=O)c12. The van der Waals surface area contributed by atoms with E-state index in [1.807, 2.05) is 48.9 Å². The number of rotatable bonds is 2. The number of aromatic nitrogens is 2. The average Bonchev–Trinajstić information content (AvgIpc) is 2.83. The lowest BCUT2D eigenvalue weighted by atomic mass is 10.3. The lowest BCUT2D eigenvalue weighted by molar-refractivity contribution is 0.894. The Hall–Kier alpha value is -1.59. The van der Waals surface area contributed by atoms with E-state index in [0.29, 0.717) is 5.82 Å². The highest BCUT2D eigenvalue weighted by atomic mass is 32.2. The summed E-state index contributed by atoms with van der Waals surface area (Å²) in [6, 6.07) is 9.64. The second-order valence-corrected chi connectivity index (χ2v) is 6.08. The molecule has 0 aliphatic heterocycles. The Morgan fingerprint density at radius 3 is 2.68 bits per heavy atom. The van der Waals surface area contributed by atoms with Gasteiger partial charge < -0.3 is 0 Å². The van der Waals surface area contributed by atoms with Gasteiger partial charge in [0.1, 0.15) is 5.82 Å². The van der Waals surface area contributed by atoms with Crippen LogP contribution in [0.2, 0.25) is 0 Å². The number of thioether (sulfide) groups is 1. The molecule has 0 amide bonds. The summed E-state index contributed by atoms with van der Waals surface area (Å²) in [4.78, 5) is 17.2. The first kappa shape index (κ1) is 12.4. The number of thiophene rings is 1. The number of hydrogen-bond acceptors (Lipinski definition) is 4. The molecule has 0 N–H and O–H groups in total. The predicted octanol–water partition coefficient (Wildman–Crippen LogP) is 3.48. The Bertz CT molecular complexity index is 790. The van der Waals surface area contributed by atoms with E-state index in [4.69, 9.17) is 0 Å². The van der Waals surface area contributed by atoms with E-state index in [-0.39, 0.29) is 5.56 Å². The first-order valence-electron chi connectivity index (χ1n) is 5.82. The predicted molar refractivity (Wildman–Crippen MR) is 81.7 cm³/mol. The fraction of sp³-hybridized carbons (Fsp3) is 0.143. The molecule has 96 valence electrons. The molecule has 3 rings (SSSR count). The van der Waals surface area contributed by atoms with Crippen LogP contribution in [0.3, 0.4) is 0 Å². The Morgan fingerprint density at radius 2 is 2.00 bits per heavy atom. The first-order chi connectivity index (χ1) is 9.22. The number of para-hydroxylation sites is 1. The van der Waals surface area contributed by atoms with Crippen molar-refractivity contribution in [2.24, 2.45) is 0 Å². The second-order valence-electron chi connectivity index (χ2n) is 4.12. The van der Waals surface area contributed by atoms with Crippen LogP contribution in [0.25, 0.3) is 16.6 Å². The van der Waals surface area contributed by atoms with Gasteiger partial charge in [-0.05, 0) is 25.3 Å². The standard InChI is InChI=1S/C14H12N2OS2/c1-9-15-11-8-19-14(18-2)12(11)13(17)16(9)10-6-4-3-5-7-10/h3-8H,1-2H3. The lowest BCUT2D eigenvalue weighted by Gasteiger charge is -2.09. The summed E-state index contributed by atoms with van der Waals surface area (Å²) >= 11 is 3.17. The van der Waals surface area contributed by atoms with E-state index in [9.17, 15) is 4.79 Å². The summed E-state index contributed by atoms with van der Waals surface area (Å²) in [5.41, 5.74) is 1.67. The van der Waals surface area contributed by atoms with E-state index in [0.717, 1.165) is 20.8 Å². The summed E-state index contributed by atoms with van der Waals surface area (Å²) in [7, 11) is 0. The summed E-state index contributed by atoms with van der Waals surface area (Å²) in [6.07, 6.45) is 1.98. The molecule has 0 radical (unpaired) electrons. The molecule has 2 heterocycles. The van der Waals surface area contributed by atoms with Crippen LogP contribution in [0.15, 0.2) is 44.7 Å². The van der Waals surface area contributed by atoms with Gasteiger partial charge >= 0.3 is 0 Å². The molecule has 5 heteroatoms. The highest BCUT2D eigenvalue weighted by Gasteiger charge is 2.14. The topological polar surface area (TPSA) is 34.9 Å². The normalized spacial score (nSPS) is 11.1. The minimum atomic E-state index is 0.0132. The van der Waals surface area contributed by atoms with E-state index < -0.39 is 0 Å². The van der Waals surface area contributed by atoms with Crippen LogP contribution >= 0.6 is 23.1 Å². The fourth-order valence-electron chi connectivity index (χ4n) is 2.13. The first-order valence-corrected chi connectivity index (χ1v) is 7.93. The molecule has 0 spiro atoms. The zero-order chi connectivity index (χ0) is 13.4. The summed E-state index contributed by atoms with van der Waals surface area (Å²) < 4.78 is 2.70. The van der Waals surface area contributed by atoms with Crippen molar-refractivity contribution < 1.29 is 0 Å². The molecular formula is C14H12N2OS2. The third kappa shape index (κ3) is 1.99. The minimum absolute atomic E-state index is 0.0132. The zero-order valence-electron chi connectivity index (χ0n) is 10.6. The minimum Gasteiger partial charge on any atom is -0.268 e. The second kappa shape index (κ2) is 4.83. The molecule has 0 unspecified atom stereocenters. The highest BCUT2D eigenvalue weighted by molar-refractivity contribution is 8.00. The maximum absolute atomic E-state index is 12.7. The molecule has 0 fully saturated rings. The van der Waals surface area contributed by atoms with Crippen molar-refractivity contribution in [1.82, 2.24) is 9.55 Å². The van der Waals surface area contributed by atoms with Gasteiger partial charge in [-0.1, -0.05) is 18.2 Å². The average molecular weight is 288 g/mol. The Labute approximate surface area is 118 Å². The number of aryl methyl sites for hydroxylation is 1. The maximum atomic E-state index is 12.7. The Kier molecular flexibility index (Phi) is 3.16. The van der Waals surface area contributed by atoms with Crippen LogP contribution < -0.4 is 5.56 Å². The largest absolute Gasteiger partial charge is 0.268 e. The van der Waals surface area contributed by atoms with E-state index >= 15 is 0 Å². The molecule has 0 atom stereocenters. The van der Waals surface area contributed by atoms with Crippen molar-refractivity contribution >= 4 is 34.0 Å². The van der Waals surface area contributed by atoms with Crippen LogP contribution in [0.1, 0.15) is 5.82 Å². The molecule has 0 aliphatic rings. The molecule has 0 saturated heterocycles.